The van der Waals surface area contributed by atoms with Crippen molar-refractivity contribution in [3.63, 3.8) is 0 Å². The minimum atomic E-state index is 0.453. The molecule has 1 saturated carbocycles. The van der Waals surface area contributed by atoms with Gasteiger partial charge >= 0.3 is 0 Å². The third-order valence-electron chi connectivity index (χ3n) is 3.09. The van der Waals surface area contributed by atoms with Gasteiger partial charge in [0.15, 0.2) is 0 Å². The summed E-state index contributed by atoms with van der Waals surface area (Å²) < 4.78 is 6.02. The number of hydrogen-bond acceptors (Lipinski definition) is 1. The van der Waals surface area contributed by atoms with E-state index in [1.54, 1.807) is 0 Å². The molecule has 0 radical (unpaired) electrons. The van der Waals surface area contributed by atoms with Gasteiger partial charge in [-0.05, 0) is 50.3 Å². The van der Waals surface area contributed by atoms with Crippen LogP contribution in [0.2, 0.25) is 0 Å². The predicted octanol–water partition coefficient (Wildman–Crippen LogP) is 4.10. The summed E-state index contributed by atoms with van der Waals surface area (Å²) in [6, 6.07) is 8.38. The summed E-state index contributed by atoms with van der Waals surface area (Å²) in [5, 5.41) is 0. The highest BCUT2D eigenvalue weighted by atomic mass is 16.5. The van der Waals surface area contributed by atoms with Crippen molar-refractivity contribution in [3.05, 3.63) is 29.8 Å². The number of benzene rings is 1. The predicted molar refractivity (Wildman–Crippen MR) is 63.3 cm³/mol. The molecule has 15 heavy (non-hydrogen) atoms. The molecule has 0 amide bonds. The van der Waals surface area contributed by atoms with Crippen LogP contribution in [0.1, 0.15) is 44.1 Å². The van der Waals surface area contributed by atoms with Crippen molar-refractivity contribution in [2.75, 3.05) is 0 Å². The van der Waals surface area contributed by atoms with Crippen LogP contribution in [-0.4, -0.2) is 6.10 Å². The highest BCUT2D eigenvalue weighted by Crippen LogP contribution is 2.23. The van der Waals surface area contributed by atoms with Crippen LogP contribution in [0.15, 0.2) is 24.3 Å². The molecule has 0 bridgehead atoms. The minimum Gasteiger partial charge on any atom is -0.490 e. The fraction of sp³-hybridized carbons (Fsp3) is 0.571. The van der Waals surface area contributed by atoms with Crippen molar-refractivity contribution in [1.82, 2.24) is 0 Å². The van der Waals surface area contributed by atoms with Gasteiger partial charge in [-0.1, -0.05) is 25.0 Å². The van der Waals surface area contributed by atoms with Crippen molar-refractivity contribution in [2.24, 2.45) is 0 Å². The molecule has 1 nitrogen and oxygen atoms in total. The standard InChI is InChI=1S/C14H20O/c1-12-7-6-10-14(11-12)15-13-8-4-2-3-5-9-13/h6-7,10-11,13H,2-5,8-9H2,1H3. The van der Waals surface area contributed by atoms with Crippen molar-refractivity contribution >= 4 is 0 Å². The van der Waals surface area contributed by atoms with Crippen LogP contribution in [0.5, 0.6) is 5.75 Å². The Morgan fingerprint density at radius 3 is 2.47 bits per heavy atom. The molecule has 0 heterocycles. The van der Waals surface area contributed by atoms with Crippen LogP contribution < -0.4 is 4.74 Å². The Hall–Kier alpha value is -0.980. The SMILES string of the molecule is Cc1cccc(OC2CCCCCC2)c1. The molecule has 1 fully saturated rings. The van der Waals surface area contributed by atoms with Gasteiger partial charge in [-0.15, -0.1) is 0 Å². The first-order valence-corrected chi connectivity index (χ1v) is 6.08. The van der Waals surface area contributed by atoms with Gasteiger partial charge in [-0.3, -0.25) is 0 Å². The number of aryl methyl sites for hydroxylation is 1. The zero-order valence-corrected chi connectivity index (χ0v) is 9.54. The van der Waals surface area contributed by atoms with Crippen molar-refractivity contribution < 1.29 is 4.74 Å². The van der Waals surface area contributed by atoms with Crippen molar-refractivity contribution in [3.8, 4) is 5.75 Å². The normalized spacial score (nSPS) is 18.5. The van der Waals surface area contributed by atoms with Gasteiger partial charge < -0.3 is 4.74 Å². The first-order valence-electron chi connectivity index (χ1n) is 6.08. The van der Waals surface area contributed by atoms with Gasteiger partial charge in [0.05, 0.1) is 6.10 Å². The fourth-order valence-electron chi connectivity index (χ4n) is 2.24. The van der Waals surface area contributed by atoms with Gasteiger partial charge in [-0.25, -0.2) is 0 Å². The molecule has 1 aromatic rings. The molecule has 0 saturated heterocycles. The van der Waals surface area contributed by atoms with E-state index >= 15 is 0 Å². The van der Waals surface area contributed by atoms with E-state index in [2.05, 4.69) is 31.2 Å². The summed E-state index contributed by atoms with van der Waals surface area (Å²) in [5.74, 6) is 1.04. The van der Waals surface area contributed by atoms with E-state index in [-0.39, 0.29) is 0 Å². The summed E-state index contributed by atoms with van der Waals surface area (Å²) in [6.45, 7) is 2.11. The maximum absolute atomic E-state index is 6.02. The van der Waals surface area contributed by atoms with Gasteiger partial charge in [-0.2, -0.15) is 0 Å². The van der Waals surface area contributed by atoms with E-state index in [1.165, 1.54) is 44.1 Å². The molecule has 1 aliphatic rings. The lowest BCUT2D eigenvalue weighted by atomic mass is 10.1. The van der Waals surface area contributed by atoms with Crippen LogP contribution in [-0.2, 0) is 0 Å². The Balaban J connectivity index is 1.95. The lowest BCUT2D eigenvalue weighted by molar-refractivity contribution is 0.183. The summed E-state index contributed by atoms with van der Waals surface area (Å²) in [7, 11) is 0. The lowest BCUT2D eigenvalue weighted by Gasteiger charge is -2.17. The molecular formula is C14H20O. The van der Waals surface area contributed by atoms with E-state index in [9.17, 15) is 0 Å². The second-order valence-electron chi connectivity index (χ2n) is 4.55. The summed E-state index contributed by atoms with van der Waals surface area (Å²) in [6.07, 6.45) is 8.34. The van der Waals surface area contributed by atoms with Crippen LogP contribution in [0, 0.1) is 6.92 Å². The van der Waals surface area contributed by atoms with Gasteiger partial charge in [0.25, 0.3) is 0 Å². The summed E-state index contributed by atoms with van der Waals surface area (Å²) in [4.78, 5) is 0. The van der Waals surface area contributed by atoms with E-state index in [4.69, 9.17) is 4.74 Å². The smallest absolute Gasteiger partial charge is 0.119 e. The highest BCUT2D eigenvalue weighted by molar-refractivity contribution is 5.27. The average molecular weight is 204 g/mol. The van der Waals surface area contributed by atoms with Gasteiger partial charge in [0.2, 0.25) is 0 Å². The fourth-order valence-corrected chi connectivity index (χ4v) is 2.24. The Labute approximate surface area is 92.5 Å². The summed E-state index contributed by atoms with van der Waals surface area (Å²) >= 11 is 0. The van der Waals surface area contributed by atoms with E-state index in [0.717, 1.165) is 5.75 Å². The molecule has 1 aliphatic carbocycles. The Kier molecular flexibility index (Phi) is 3.65. The number of hydrogen-bond donors (Lipinski definition) is 0. The number of rotatable bonds is 2. The molecule has 0 spiro atoms. The first kappa shape index (κ1) is 10.5. The average Bonchev–Trinajstić information content (AvgIpc) is 2.46. The second-order valence-corrected chi connectivity index (χ2v) is 4.55. The first-order chi connectivity index (χ1) is 7.34. The summed E-state index contributed by atoms with van der Waals surface area (Å²) in [5.41, 5.74) is 1.28. The molecule has 0 aromatic heterocycles. The third-order valence-corrected chi connectivity index (χ3v) is 3.09. The van der Waals surface area contributed by atoms with E-state index < -0.39 is 0 Å². The van der Waals surface area contributed by atoms with Crippen LogP contribution in [0.25, 0.3) is 0 Å². The second kappa shape index (κ2) is 5.20. The molecule has 0 N–H and O–H groups in total. The molecule has 82 valence electrons. The lowest BCUT2D eigenvalue weighted by Crippen LogP contribution is -2.14. The zero-order valence-electron chi connectivity index (χ0n) is 9.54. The monoisotopic (exact) mass is 204 g/mol. The van der Waals surface area contributed by atoms with Crippen LogP contribution in [0.4, 0.5) is 0 Å². The molecule has 1 aromatic carbocycles. The Bertz CT molecular complexity index is 298. The van der Waals surface area contributed by atoms with Crippen LogP contribution in [0.3, 0.4) is 0 Å². The molecule has 0 aliphatic heterocycles. The number of ether oxygens (including phenoxy) is 1. The molecule has 1 heteroatoms. The van der Waals surface area contributed by atoms with Crippen LogP contribution >= 0.6 is 0 Å². The van der Waals surface area contributed by atoms with Gasteiger partial charge in [0, 0.05) is 0 Å². The van der Waals surface area contributed by atoms with Crippen molar-refractivity contribution in [2.45, 2.75) is 51.6 Å². The van der Waals surface area contributed by atoms with Crippen molar-refractivity contribution in [1.29, 1.82) is 0 Å². The van der Waals surface area contributed by atoms with E-state index in [1.807, 2.05) is 0 Å². The largest absolute Gasteiger partial charge is 0.490 e. The zero-order chi connectivity index (χ0) is 10.5. The topological polar surface area (TPSA) is 9.23 Å². The van der Waals surface area contributed by atoms with Gasteiger partial charge in [0.1, 0.15) is 5.75 Å². The quantitative estimate of drug-likeness (QED) is 0.659. The molecular weight excluding hydrogens is 184 g/mol. The maximum Gasteiger partial charge on any atom is 0.119 e. The molecule has 0 atom stereocenters. The Morgan fingerprint density at radius 1 is 1.07 bits per heavy atom. The molecule has 2 rings (SSSR count). The van der Waals surface area contributed by atoms with E-state index in [0.29, 0.717) is 6.10 Å². The minimum absolute atomic E-state index is 0.453. The molecule has 0 unspecified atom stereocenters. The highest BCUT2D eigenvalue weighted by Gasteiger charge is 2.13. The Morgan fingerprint density at radius 2 is 1.80 bits per heavy atom. The maximum atomic E-state index is 6.02. The third kappa shape index (κ3) is 3.26.